The van der Waals surface area contributed by atoms with Crippen LogP contribution in [0.25, 0.3) is 11.1 Å². The van der Waals surface area contributed by atoms with Crippen LogP contribution in [0.1, 0.15) is 11.4 Å². The third-order valence-corrected chi connectivity index (χ3v) is 5.88. The van der Waals surface area contributed by atoms with Crippen LogP contribution in [0.3, 0.4) is 0 Å². The first-order chi connectivity index (χ1) is 14.1. The van der Waals surface area contributed by atoms with E-state index < -0.39 is 0 Å². The van der Waals surface area contributed by atoms with Crippen LogP contribution in [0.5, 0.6) is 0 Å². The number of rotatable bonds is 5. The molecule has 1 fully saturated rings. The summed E-state index contributed by atoms with van der Waals surface area (Å²) in [4.78, 5) is 19.7. The number of hydrogen-bond donors (Lipinski definition) is 2. The molecule has 148 valence electrons. The van der Waals surface area contributed by atoms with Crippen molar-refractivity contribution in [2.45, 2.75) is 10.8 Å². The van der Waals surface area contributed by atoms with Crippen molar-refractivity contribution < 1.29 is 0 Å². The average molecular weight is 408 g/mol. The number of thioether (sulfide) groups is 1. The van der Waals surface area contributed by atoms with Crippen LogP contribution < -0.4 is 10.5 Å². The number of aromatic amines is 2. The molecule has 1 saturated heterocycles. The predicted molar refractivity (Wildman–Crippen MR) is 111 cm³/mol. The number of H-pyrrole nitrogens is 2. The fourth-order valence-corrected chi connectivity index (χ4v) is 4.17. The standard InChI is InChI=1S/C19H20N8OS/c1-26-5-7-27(8-6-26)14-4-2-3-13(9-14)15-10-18(28)21-19(16(15)11-20)29-12-17-22-24-25-23-17/h2-4,9-10H,5-8,12H2,1H3,(H,21,28)(H,22,23,24,25). The Hall–Kier alpha value is -3.16. The molecule has 3 heterocycles. The van der Waals surface area contributed by atoms with Gasteiger partial charge in [0, 0.05) is 43.5 Å². The highest BCUT2D eigenvalue weighted by Gasteiger charge is 2.17. The van der Waals surface area contributed by atoms with Gasteiger partial charge in [-0.15, -0.1) is 10.2 Å². The number of nitriles is 1. The van der Waals surface area contributed by atoms with Gasteiger partial charge in [-0.2, -0.15) is 10.5 Å². The van der Waals surface area contributed by atoms with E-state index in [1.807, 2.05) is 12.1 Å². The smallest absolute Gasteiger partial charge is 0.249 e. The maximum absolute atomic E-state index is 12.3. The summed E-state index contributed by atoms with van der Waals surface area (Å²) in [7, 11) is 2.12. The SMILES string of the molecule is CN1CCN(c2cccc(-c3cc(=O)[nH]c(SCc4nn[nH]n4)c3C#N)c2)CC1. The second-order valence-corrected chi connectivity index (χ2v) is 7.81. The van der Waals surface area contributed by atoms with E-state index in [-0.39, 0.29) is 5.56 Å². The second-order valence-electron chi connectivity index (χ2n) is 6.82. The molecule has 0 spiro atoms. The van der Waals surface area contributed by atoms with Crippen LogP contribution in [0.4, 0.5) is 5.69 Å². The topological polar surface area (TPSA) is 118 Å². The van der Waals surface area contributed by atoms with E-state index in [0.717, 1.165) is 37.4 Å². The lowest BCUT2D eigenvalue weighted by Crippen LogP contribution is -2.44. The number of anilines is 1. The summed E-state index contributed by atoms with van der Waals surface area (Å²) in [5.41, 5.74) is 2.77. The Kier molecular flexibility index (Phi) is 5.59. The minimum Gasteiger partial charge on any atom is -0.369 e. The molecule has 0 radical (unpaired) electrons. The number of pyridine rings is 1. The third-order valence-electron chi connectivity index (χ3n) is 4.88. The Morgan fingerprint density at radius 3 is 2.79 bits per heavy atom. The molecule has 2 N–H and O–H groups in total. The fourth-order valence-electron chi connectivity index (χ4n) is 3.30. The summed E-state index contributed by atoms with van der Waals surface area (Å²) in [6.07, 6.45) is 0. The highest BCUT2D eigenvalue weighted by molar-refractivity contribution is 7.98. The number of likely N-dealkylation sites (N-methyl/N-ethyl adjacent to an activating group) is 1. The van der Waals surface area contributed by atoms with Crippen LogP contribution in [-0.4, -0.2) is 63.7 Å². The maximum Gasteiger partial charge on any atom is 0.249 e. The van der Waals surface area contributed by atoms with E-state index in [2.05, 4.69) is 60.7 Å². The number of tetrazole rings is 1. The van der Waals surface area contributed by atoms with E-state index in [1.54, 1.807) is 0 Å². The van der Waals surface area contributed by atoms with Crippen LogP contribution >= 0.6 is 11.8 Å². The van der Waals surface area contributed by atoms with Gasteiger partial charge in [0.05, 0.1) is 16.3 Å². The summed E-state index contributed by atoms with van der Waals surface area (Å²) >= 11 is 1.31. The Morgan fingerprint density at radius 1 is 1.24 bits per heavy atom. The number of nitrogens with one attached hydrogen (secondary N) is 2. The molecule has 0 atom stereocenters. The van der Waals surface area contributed by atoms with Crippen molar-refractivity contribution in [3.05, 3.63) is 52.1 Å². The third kappa shape index (κ3) is 4.31. The van der Waals surface area contributed by atoms with E-state index in [0.29, 0.717) is 27.7 Å². The fraction of sp³-hybridized carbons (Fsp3) is 0.316. The molecule has 0 aliphatic carbocycles. The number of benzene rings is 1. The van der Waals surface area contributed by atoms with Crippen molar-refractivity contribution in [2.75, 3.05) is 38.1 Å². The molecule has 1 aliphatic rings. The van der Waals surface area contributed by atoms with Crippen molar-refractivity contribution in [1.82, 2.24) is 30.5 Å². The highest BCUT2D eigenvalue weighted by atomic mass is 32.2. The Labute approximate surface area is 171 Å². The van der Waals surface area contributed by atoms with Crippen LogP contribution in [0, 0.1) is 11.3 Å². The van der Waals surface area contributed by atoms with Gasteiger partial charge in [0.2, 0.25) is 5.56 Å². The zero-order valence-corrected chi connectivity index (χ0v) is 16.7. The van der Waals surface area contributed by atoms with Gasteiger partial charge in [-0.25, -0.2) is 0 Å². The number of hydrogen-bond acceptors (Lipinski definition) is 8. The van der Waals surface area contributed by atoms with Gasteiger partial charge in [-0.05, 0) is 24.7 Å². The highest BCUT2D eigenvalue weighted by Crippen LogP contribution is 2.31. The molecule has 4 rings (SSSR count). The summed E-state index contributed by atoms with van der Waals surface area (Å²) < 4.78 is 0. The van der Waals surface area contributed by atoms with E-state index in [9.17, 15) is 10.1 Å². The molecule has 0 bridgehead atoms. The molecule has 3 aromatic rings. The first-order valence-electron chi connectivity index (χ1n) is 9.20. The minimum absolute atomic E-state index is 0.250. The molecule has 1 aliphatic heterocycles. The molecule has 0 unspecified atom stereocenters. The van der Waals surface area contributed by atoms with Gasteiger partial charge < -0.3 is 14.8 Å². The van der Waals surface area contributed by atoms with Gasteiger partial charge >= 0.3 is 0 Å². The zero-order chi connectivity index (χ0) is 20.2. The lowest BCUT2D eigenvalue weighted by atomic mass is 10.0. The van der Waals surface area contributed by atoms with Gasteiger partial charge in [-0.1, -0.05) is 29.1 Å². The van der Waals surface area contributed by atoms with Gasteiger partial charge in [0.25, 0.3) is 0 Å². The van der Waals surface area contributed by atoms with Gasteiger partial charge in [-0.3, -0.25) is 4.79 Å². The van der Waals surface area contributed by atoms with Crippen LogP contribution in [-0.2, 0) is 5.75 Å². The summed E-state index contributed by atoms with van der Waals surface area (Å²) in [6, 6.07) is 11.8. The first-order valence-corrected chi connectivity index (χ1v) is 10.2. The van der Waals surface area contributed by atoms with Gasteiger partial charge in [0.1, 0.15) is 6.07 Å². The molecule has 0 amide bonds. The quantitative estimate of drug-likeness (QED) is 0.610. The molecule has 29 heavy (non-hydrogen) atoms. The molecule has 0 saturated carbocycles. The minimum atomic E-state index is -0.250. The normalized spacial score (nSPS) is 14.7. The Morgan fingerprint density at radius 2 is 2.07 bits per heavy atom. The second kappa shape index (κ2) is 8.46. The lowest BCUT2D eigenvalue weighted by Gasteiger charge is -2.34. The van der Waals surface area contributed by atoms with Crippen molar-refractivity contribution in [3.63, 3.8) is 0 Å². The first kappa shape index (κ1) is 19.2. The lowest BCUT2D eigenvalue weighted by molar-refractivity contribution is 0.313. The van der Waals surface area contributed by atoms with Crippen molar-refractivity contribution in [3.8, 4) is 17.2 Å². The van der Waals surface area contributed by atoms with Crippen molar-refractivity contribution in [2.24, 2.45) is 0 Å². The maximum atomic E-state index is 12.3. The molecule has 10 heteroatoms. The zero-order valence-electron chi connectivity index (χ0n) is 15.9. The van der Waals surface area contributed by atoms with E-state index >= 15 is 0 Å². The number of aromatic nitrogens is 5. The molecular formula is C19H20N8OS. The van der Waals surface area contributed by atoms with Crippen LogP contribution in [0.2, 0.25) is 0 Å². The summed E-state index contributed by atoms with van der Waals surface area (Å²) in [6.45, 7) is 3.92. The van der Waals surface area contributed by atoms with Crippen LogP contribution in [0.15, 0.2) is 40.2 Å². The monoisotopic (exact) mass is 408 g/mol. The average Bonchev–Trinajstić information content (AvgIpc) is 3.26. The number of nitrogens with zero attached hydrogens (tertiary/aromatic N) is 6. The largest absolute Gasteiger partial charge is 0.369 e. The molecule has 9 nitrogen and oxygen atoms in total. The van der Waals surface area contributed by atoms with E-state index in [4.69, 9.17) is 0 Å². The van der Waals surface area contributed by atoms with Crippen molar-refractivity contribution >= 4 is 17.4 Å². The summed E-state index contributed by atoms with van der Waals surface area (Å²) in [5.74, 6) is 0.897. The predicted octanol–water partition coefficient (Wildman–Crippen LogP) is 1.47. The molecule has 1 aromatic carbocycles. The Bertz CT molecular complexity index is 1080. The molecule has 2 aromatic heterocycles. The Balaban J connectivity index is 1.66. The molecular weight excluding hydrogens is 388 g/mol. The van der Waals surface area contributed by atoms with Crippen molar-refractivity contribution in [1.29, 1.82) is 5.26 Å². The summed E-state index contributed by atoms with van der Waals surface area (Å²) in [5, 5.41) is 24.0. The van der Waals surface area contributed by atoms with Gasteiger partial charge in [0.15, 0.2) is 5.82 Å². The van der Waals surface area contributed by atoms with E-state index in [1.165, 1.54) is 17.8 Å². The number of piperazine rings is 1.